The molecule has 0 bridgehead atoms. The highest BCUT2D eigenvalue weighted by Gasteiger charge is 2.19. The summed E-state index contributed by atoms with van der Waals surface area (Å²) in [5.41, 5.74) is 1.82. The third kappa shape index (κ3) is 3.59. The Kier molecular flexibility index (Phi) is 4.40. The third-order valence-corrected chi connectivity index (χ3v) is 3.87. The van der Waals surface area contributed by atoms with E-state index in [1.54, 1.807) is 0 Å². The van der Waals surface area contributed by atoms with E-state index >= 15 is 0 Å². The van der Waals surface area contributed by atoms with Crippen molar-refractivity contribution in [2.24, 2.45) is 11.8 Å². The molecule has 1 fully saturated rings. The number of benzene rings is 1. The molecule has 0 N–H and O–H groups in total. The van der Waals surface area contributed by atoms with Crippen LogP contribution in [0.1, 0.15) is 48.5 Å². The molecule has 0 spiro atoms. The van der Waals surface area contributed by atoms with E-state index in [0.29, 0.717) is 18.1 Å². The topological polar surface area (TPSA) is 26.3 Å². The van der Waals surface area contributed by atoms with Crippen molar-refractivity contribution < 1.29 is 9.53 Å². The monoisotopic (exact) mass is 246 g/mol. The minimum atomic E-state index is -0.186. The number of esters is 1. The highest BCUT2D eigenvalue weighted by molar-refractivity contribution is 5.89. The summed E-state index contributed by atoms with van der Waals surface area (Å²) in [6, 6.07) is 7.55. The van der Waals surface area contributed by atoms with Crippen molar-refractivity contribution in [1.29, 1.82) is 0 Å². The lowest BCUT2D eigenvalue weighted by molar-refractivity contribution is 0.0398. The summed E-state index contributed by atoms with van der Waals surface area (Å²) in [4.78, 5) is 11.8. The molecule has 0 aliphatic heterocycles. The summed E-state index contributed by atoms with van der Waals surface area (Å²) in [5.74, 6) is 1.22. The lowest BCUT2D eigenvalue weighted by Gasteiger charge is -2.25. The van der Waals surface area contributed by atoms with Gasteiger partial charge in [-0.25, -0.2) is 4.79 Å². The molecule has 0 unspecified atom stereocenters. The molecule has 0 heterocycles. The number of ether oxygens (including phenoxy) is 1. The lowest BCUT2D eigenvalue weighted by atomic mass is 9.83. The SMILES string of the molecule is Cc1ccc(C(=O)OCC2CCC(C)CC2)cc1. The molecule has 1 aliphatic rings. The zero-order chi connectivity index (χ0) is 13.0. The molecule has 98 valence electrons. The van der Waals surface area contributed by atoms with Gasteiger partial charge in [0.2, 0.25) is 0 Å². The molecule has 1 aromatic rings. The van der Waals surface area contributed by atoms with Crippen molar-refractivity contribution in [3.63, 3.8) is 0 Å². The van der Waals surface area contributed by atoms with Crippen LogP contribution in [0.4, 0.5) is 0 Å². The van der Waals surface area contributed by atoms with Crippen LogP contribution >= 0.6 is 0 Å². The fourth-order valence-electron chi connectivity index (χ4n) is 2.46. The summed E-state index contributed by atoms with van der Waals surface area (Å²) in [7, 11) is 0. The molecular formula is C16H22O2. The van der Waals surface area contributed by atoms with Crippen molar-refractivity contribution in [3.05, 3.63) is 35.4 Å². The maximum absolute atomic E-state index is 11.8. The molecule has 0 atom stereocenters. The molecule has 18 heavy (non-hydrogen) atoms. The molecular weight excluding hydrogens is 224 g/mol. The van der Waals surface area contributed by atoms with Crippen LogP contribution in [0.15, 0.2) is 24.3 Å². The van der Waals surface area contributed by atoms with E-state index in [-0.39, 0.29) is 5.97 Å². The van der Waals surface area contributed by atoms with Crippen LogP contribution in [0.3, 0.4) is 0 Å². The predicted molar refractivity (Wildman–Crippen MR) is 72.6 cm³/mol. The molecule has 1 saturated carbocycles. The summed E-state index contributed by atoms with van der Waals surface area (Å²) in [6.07, 6.45) is 4.93. The van der Waals surface area contributed by atoms with Crippen molar-refractivity contribution in [2.75, 3.05) is 6.61 Å². The number of carbonyl (C=O) groups is 1. The van der Waals surface area contributed by atoms with Crippen LogP contribution in [0, 0.1) is 18.8 Å². The second-order valence-electron chi connectivity index (χ2n) is 5.59. The Morgan fingerprint density at radius 1 is 1.17 bits per heavy atom. The van der Waals surface area contributed by atoms with E-state index in [2.05, 4.69) is 6.92 Å². The standard InChI is InChI=1S/C16H22O2/c1-12-3-7-14(8-4-12)11-18-16(17)15-9-5-13(2)6-10-15/h5-6,9-10,12,14H,3-4,7-8,11H2,1-2H3. The normalized spacial score (nSPS) is 23.7. The number of hydrogen-bond acceptors (Lipinski definition) is 2. The quantitative estimate of drug-likeness (QED) is 0.754. The van der Waals surface area contributed by atoms with Gasteiger partial charge in [0.05, 0.1) is 12.2 Å². The average Bonchev–Trinajstić information content (AvgIpc) is 2.38. The van der Waals surface area contributed by atoms with E-state index in [4.69, 9.17) is 4.74 Å². The fraction of sp³-hybridized carbons (Fsp3) is 0.562. The molecule has 0 amide bonds. The Bertz CT molecular complexity index is 386. The number of rotatable bonds is 3. The average molecular weight is 246 g/mol. The summed E-state index contributed by atoms with van der Waals surface area (Å²) in [5, 5.41) is 0. The van der Waals surface area contributed by atoms with Gasteiger partial charge >= 0.3 is 5.97 Å². The molecule has 1 aliphatic carbocycles. The maximum atomic E-state index is 11.8. The van der Waals surface area contributed by atoms with Crippen LogP contribution in [0.2, 0.25) is 0 Å². The Balaban J connectivity index is 1.79. The Labute approximate surface area is 109 Å². The van der Waals surface area contributed by atoms with Gasteiger partial charge in [0.1, 0.15) is 0 Å². The van der Waals surface area contributed by atoms with Crippen molar-refractivity contribution in [1.82, 2.24) is 0 Å². The largest absolute Gasteiger partial charge is 0.462 e. The van der Waals surface area contributed by atoms with Gasteiger partial charge in [0, 0.05) is 0 Å². The molecule has 2 heteroatoms. The molecule has 2 nitrogen and oxygen atoms in total. The van der Waals surface area contributed by atoms with Crippen LogP contribution < -0.4 is 0 Å². The Hall–Kier alpha value is -1.31. The summed E-state index contributed by atoms with van der Waals surface area (Å²) in [6.45, 7) is 4.90. The third-order valence-electron chi connectivity index (χ3n) is 3.87. The minimum Gasteiger partial charge on any atom is -0.462 e. The van der Waals surface area contributed by atoms with Crippen LogP contribution in [0.5, 0.6) is 0 Å². The van der Waals surface area contributed by atoms with E-state index < -0.39 is 0 Å². The number of aryl methyl sites for hydroxylation is 1. The van der Waals surface area contributed by atoms with Gasteiger partial charge < -0.3 is 4.74 Å². The first-order valence-corrected chi connectivity index (χ1v) is 6.89. The zero-order valence-electron chi connectivity index (χ0n) is 11.3. The molecule has 0 saturated heterocycles. The second-order valence-corrected chi connectivity index (χ2v) is 5.59. The fourth-order valence-corrected chi connectivity index (χ4v) is 2.46. The number of carbonyl (C=O) groups excluding carboxylic acids is 1. The highest BCUT2D eigenvalue weighted by Crippen LogP contribution is 2.28. The Morgan fingerprint density at radius 3 is 2.39 bits per heavy atom. The highest BCUT2D eigenvalue weighted by atomic mass is 16.5. The minimum absolute atomic E-state index is 0.186. The smallest absolute Gasteiger partial charge is 0.338 e. The van der Waals surface area contributed by atoms with E-state index in [1.165, 1.54) is 25.7 Å². The van der Waals surface area contributed by atoms with Crippen molar-refractivity contribution >= 4 is 5.97 Å². The van der Waals surface area contributed by atoms with Gasteiger partial charge in [-0.15, -0.1) is 0 Å². The van der Waals surface area contributed by atoms with Gasteiger partial charge in [-0.3, -0.25) is 0 Å². The molecule has 1 aromatic carbocycles. The predicted octanol–water partition coefficient (Wildman–Crippen LogP) is 3.98. The Morgan fingerprint density at radius 2 is 1.78 bits per heavy atom. The van der Waals surface area contributed by atoms with Crippen LogP contribution in [-0.4, -0.2) is 12.6 Å². The first-order chi connectivity index (χ1) is 8.65. The van der Waals surface area contributed by atoms with Crippen molar-refractivity contribution in [2.45, 2.75) is 39.5 Å². The van der Waals surface area contributed by atoms with Crippen LogP contribution in [-0.2, 0) is 4.74 Å². The summed E-state index contributed by atoms with van der Waals surface area (Å²) >= 11 is 0. The first kappa shape index (κ1) is 13.1. The van der Waals surface area contributed by atoms with Gasteiger partial charge in [0.15, 0.2) is 0 Å². The number of hydrogen-bond donors (Lipinski definition) is 0. The second kappa shape index (κ2) is 6.03. The van der Waals surface area contributed by atoms with E-state index in [1.807, 2.05) is 31.2 Å². The summed E-state index contributed by atoms with van der Waals surface area (Å²) < 4.78 is 5.40. The molecule has 0 radical (unpaired) electrons. The lowest BCUT2D eigenvalue weighted by Crippen LogP contribution is -2.19. The van der Waals surface area contributed by atoms with E-state index in [0.717, 1.165) is 11.5 Å². The first-order valence-electron chi connectivity index (χ1n) is 6.89. The zero-order valence-corrected chi connectivity index (χ0v) is 11.3. The van der Waals surface area contributed by atoms with E-state index in [9.17, 15) is 4.79 Å². The maximum Gasteiger partial charge on any atom is 0.338 e. The van der Waals surface area contributed by atoms with Crippen molar-refractivity contribution in [3.8, 4) is 0 Å². The molecule has 2 rings (SSSR count). The molecule has 0 aromatic heterocycles. The van der Waals surface area contributed by atoms with Gasteiger partial charge in [0.25, 0.3) is 0 Å². The van der Waals surface area contributed by atoms with Crippen LogP contribution in [0.25, 0.3) is 0 Å². The van der Waals surface area contributed by atoms with Gasteiger partial charge in [-0.2, -0.15) is 0 Å². The van der Waals surface area contributed by atoms with Gasteiger partial charge in [-0.1, -0.05) is 37.5 Å². The van der Waals surface area contributed by atoms with Gasteiger partial charge in [-0.05, 0) is 43.7 Å².